The molecule has 2 N–H and O–H groups in total. The smallest absolute Gasteiger partial charge is 0.255 e. The van der Waals surface area contributed by atoms with Crippen molar-refractivity contribution in [1.29, 1.82) is 0 Å². The fraction of sp³-hybridized carbons (Fsp3) is 0.417. The van der Waals surface area contributed by atoms with Gasteiger partial charge in [0, 0.05) is 19.8 Å². The molecule has 0 spiro atoms. The Balaban J connectivity index is 0.00000289. The average molecular weight is 293 g/mol. The Morgan fingerprint density at radius 3 is 2.67 bits per heavy atom. The van der Waals surface area contributed by atoms with E-state index in [-0.39, 0.29) is 24.4 Å². The number of carbonyl (C=O) groups is 1. The van der Waals surface area contributed by atoms with Crippen molar-refractivity contribution in [3.8, 4) is 0 Å². The standard InChI is InChI=1S/C12H17ClN2O2.ClH/c1-8(7-17-3)15(2)12(16)10-5-4-9(14)6-11(10)13;/h4-6,8H,7,14H2,1-3H3;1H. The van der Waals surface area contributed by atoms with Crippen molar-refractivity contribution in [2.24, 2.45) is 0 Å². The molecule has 102 valence electrons. The van der Waals surface area contributed by atoms with Crippen LogP contribution in [0.2, 0.25) is 5.02 Å². The van der Waals surface area contributed by atoms with E-state index in [0.29, 0.717) is 22.9 Å². The number of ether oxygens (including phenoxy) is 1. The fourth-order valence-corrected chi connectivity index (χ4v) is 1.72. The van der Waals surface area contributed by atoms with Gasteiger partial charge in [-0.3, -0.25) is 4.79 Å². The predicted molar refractivity (Wildman–Crippen MR) is 76.5 cm³/mol. The number of nitrogens with two attached hydrogens (primary N) is 1. The Morgan fingerprint density at radius 2 is 2.17 bits per heavy atom. The van der Waals surface area contributed by atoms with Gasteiger partial charge in [0.1, 0.15) is 0 Å². The maximum atomic E-state index is 12.1. The molecule has 0 aromatic heterocycles. The molecular weight excluding hydrogens is 275 g/mol. The highest BCUT2D eigenvalue weighted by atomic mass is 35.5. The number of methoxy groups -OCH3 is 1. The molecule has 0 aliphatic carbocycles. The van der Waals surface area contributed by atoms with E-state index >= 15 is 0 Å². The first kappa shape index (κ1) is 17.0. The number of hydrogen-bond donors (Lipinski definition) is 1. The third kappa shape index (κ3) is 4.05. The lowest BCUT2D eigenvalue weighted by atomic mass is 10.1. The summed E-state index contributed by atoms with van der Waals surface area (Å²) in [5.74, 6) is -0.139. The maximum Gasteiger partial charge on any atom is 0.255 e. The Labute approximate surface area is 118 Å². The van der Waals surface area contributed by atoms with E-state index in [2.05, 4.69) is 0 Å². The summed E-state index contributed by atoms with van der Waals surface area (Å²) in [5, 5.41) is 0.367. The summed E-state index contributed by atoms with van der Waals surface area (Å²) in [7, 11) is 3.32. The van der Waals surface area contributed by atoms with Gasteiger partial charge < -0.3 is 15.4 Å². The number of hydrogen-bond acceptors (Lipinski definition) is 3. The summed E-state index contributed by atoms with van der Waals surface area (Å²) in [6.07, 6.45) is 0. The van der Waals surface area contributed by atoms with Gasteiger partial charge in [0.2, 0.25) is 0 Å². The molecule has 0 aliphatic heterocycles. The van der Waals surface area contributed by atoms with Crippen molar-refractivity contribution in [3.05, 3.63) is 28.8 Å². The van der Waals surface area contributed by atoms with Crippen molar-refractivity contribution in [1.82, 2.24) is 4.90 Å². The minimum atomic E-state index is -0.139. The zero-order valence-corrected chi connectivity index (χ0v) is 12.2. The van der Waals surface area contributed by atoms with Crippen LogP contribution in [0.1, 0.15) is 17.3 Å². The minimum absolute atomic E-state index is 0. The Hall–Kier alpha value is -0.970. The first-order chi connectivity index (χ1) is 7.97. The van der Waals surface area contributed by atoms with E-state index < -0.39 is 0 Å². The van der Waals surface area contributed by atoms with Crippen LogP contribution in [0.15, 0.2) is 18.2 Å². The molecule has 4 nitrogen and oxygen atoms in total. The van der Waals surface area contributed by atoms with Crippen molar-refractivity contribution in [2.45, 2.75) is 13.0 Å². The summed E-state index contributed by atoms with van der Waals surface area (Å²) in [6.45, 7) is 2.39. The van der Waals surface area contributed by atoms with Gasteiger partial charge in [0.25, 0.3) is 5.91 Å². The molecule has 0 bridgehead atoms. The minimum Gasteiger partial charge on any atom is -0.399 e. The highest BCUT2D eigenvalue weighted by Crippen LogP contribution is 2.21. The lowest BCUT2D eigenvalue weighted by molar-refractivity contribution is 0.0634. The van der Waals surface area contributed by atoms with Gasteiger partial charge in [-0.1, -0.05) is 11.6 Å². The summed E-state index contributed by atoms with van der Waals surface area (Å²) < 4.78 is 5.01. The van der Waals surface area contributed by atoms with E-state index in [1.54, 1.807) is 37.3 Å². The van der Waals surface area contributed by atoms with Crippen molar-refractivity contribution in [2.75, 3.05) is 26.5 Å². The molecule has 1 amide bonds. The molecule has 1 atom stereocenters. The van der Waals surface area contributed by atoms with Gasteiger partial charge in [-0.25, -0.2) is 0 Å². The molecule has 1 unspecified atom stereocenters. The first-order valence-corrected chi connectivity index (χ1v) is 5.66. The maximum absolute atomic E-state index is 12.1. The Morgan fingerprint density at radius 1 is 1.56 bits per heavy atom. The number of carbonyl (C=O) groups excluding carboxylic acids is 1. The van der Waals surface area contributed by atoms with Crippen LogP contribution in [0, 0.1) is 0 Å². The normalized spacial score (nSPS) is 11.6. The van der Waals surface area contributed by atoms with Crippen LogP contribution in [0.3, 0.4) is 0 Å². The monoisotopic (exact) mass is 292 g/mol. The molecule has 6 heteroatoms. The molecular formula is C12H18Cl2N2O2. The van der Waals surface area contributed by atoms with E-state index in [4.69, 9.17) is 22.1 Å². The topological polar surface area (TPSA) is 55.6 Å². The molecule has 0 radical (unpaired) electrons. The van der Waals surface area contributed by atoms with Crippen LogP contribution in [-0.2, 0) is 4.74 Å². The predicted octanol–water partition coefficient (Wildman–Crippen LogP) is 2.45. The molecule has 18 heavy (non-hydrogen) atoms. The highest BCUT2D eigenvalue weighted by Gasteiger charge is 2.19. The molecule has 1 aromatic rings. The zero-order valence-electron chi connectivity index (χ0n) is 10.6. The summed E-state index contributed by atoms with van der Waals surface area (Å²) in [6, 6.07) is 4.86. The second-order valence-corrected chi connectivity index (χ2v) is 4.37. The van der Waals surface area contributed by atoms with Gasteiger partial charge in [-0.15, -0.1) is 12.4 Å². The van der Waals surface area contributed by atoms with Crippen LogP contribution in [0.4, 0.5) is 5.69 Å². The number of anilines is 1. The number of amides is 1. The van der Waals surface area contributed by atoms with Crippen LogP contribution < -0.4 is 5.73 Å². The van der Waals surface area contributed by atoms with Gasteiger partial charge in [-0.2, -0.15) is 0 Å². The Bertz CT molecular complexity index is 413. The van der Waals surface area contributed by atoms with E-state index in [1.165, 1.54) is 0 Å². The van der Waals surface area contributed by atoms with Gasteiger partial charge in [0.15, 0.2) is 0 Å². The average Bonchev–Trinajstić information content (AvgIpc) is 2.27. The van der Waals surface area contributed by atoms with Crippen molar-refractivity contribution >= 4 is 35.6 Å². The van der Waals surface area contributed by atoms with Crippen molar-refractivity contribution in [3.63, 3.8) is 0 Å². The summed E-state index contributed by atoms with van der Waals surface area (Å²) in [5.41, 5.74) is 6.57. The number of likely N-dealkylation sites (N-methyl/N-ethyl adjacent to an activating group) is 1. The zero-order chi connectivity index (χ0) is 13.0. The number of benzene rings is 1. The molecule has 0 saturated carbocycles. The third-order valence-electron chi connectivity index (χ3n) is 2.61. The lowest BCUT2D eigenvalue weighted by Crippen LogP contribution is -2.37. The molecule has 1 aromatic carbocycles. The van der Waals surface area contributed by atoms with Crippen LogP contribution in [0.25, 0.3) is 0 Å². The molecule has 0 fully saturated rings. The van der Waals surface area contributed by atoms with E-state index in [1.807, 2.05) is 6.92 Å². The largest absolute Gasteiger partial charge is 0.399 e. The van der Waals surface area contributed by atoms with Crippen LogP contribution in [0.5, 0.6) is 0 Å². The van der Waals surface area contributed by atoms with Crippen molar-refractivity contribution < 1.29 is 9.53 Å². The fourth-order valence-electron chi connectivity index (χ4n) is 1.45. The van der Waals surface area contributed by atoms with Gasteiger partial charge in [0.05, 0.1) is 23.2 Å². The van der Waals surface area contributed by atoms with E-state index in [9.17, 15) is 4.79 Å². The second-order valence-electron chi connectivity index (χ2n) is 3.96. The lowest BCUT2D eigenvalue weighted by Gasteiger charge is -2.24. The second kappa shape index (κ2) is 7.46. The number of nitrogens with zero attached hydrogens (tertiary/aromatic N) is 1. The first-order valence-electron chi connectivity index (χ1n) is 5.28. The molecule has 1 rings (SSSR count). The third-order valence-corrected chi connectivity index (χ3v) is 2.93. The molecule has 0 aliphatic rings. The quantitative estimate of drug-likeness (QED) is 0.868. The number of rotatable bonds is 4. The van der Waals surface area contributed by atoms with Gasteiger partial charge in [-0.05, 0) is 25.1 Å². The van der Waals surface area contributed by atoms with Gasteiger partial charge >= 0.3 is 0 Å². The van der Waals surface area contributed by atoms with Crippen LogP contribution >= 0.6 is 24.0 Å². The van der Waals surface area contributed by atoms with Crippen LogP contribution in [-0.4, -0.2) is 37.6 Å². The van der Waals surface area contributed by atoms with E-state index in [0.717, 1.165) is 0 Å². The highest BCUT2D eigenvalue weighted by molar-refractivity contribution is 6.34. The molecule has 0 saturated heterocycles. The summed E-state index contributed by atoms with van der Waals surface area (Å²) >= 11 is 5.99. The summed E-state index contributed by atoms with van der Waals surface area (Å²) in [4.78, 5) is 13.7. The SMILES string of the molecule is COCC(C)N(C)C(=O)c1ccc(N)cc1Cl.Cl. The Kier molecular flexibility index (Phi) is 7.06. The number of halogens is 2. The molecule has 0 heterocycles. The number of nitrogen functional groups attached to an aromatic ring is 1.